The molecule has 0 saturated carbocycles. The van der Waals surface area contributed by atoms with Crippen molar-refractivity contribution in [3.05, 3.63) is 72.1 Å². The zero-order valence-electron chi connectivity index (χ0n) is 14.2. The van der Waals surface area contributed by atoms with Crippen molar-refractivity contribution >= 4 is 23.0 Å². The summed E-state index contributed by atoms with van der Waals surface area (Å²) in [5.41, 5.74) is 10.7. The van der Waals surface area contributed by atoms with E-state index in [9.17, 15) is 0 Å². The van der Waals surface area contributed by atoms with E-state index in [1.807, 2.05) is 24.3 Å². The van der Waals surface area contributed by atoms with Crippen LogP contribution in [0.5, 0.6) is 0 Å². The summed E-state index contributed by atoms with van der Waals surface area (Å²) in [5.74, 6) is 1.44. The molecule has 25 heavy (non-hydrogen) atoms. The van der Waals surface area contributed by atoms with Gasteiger partial charge in [0.25, 0.3) is 0 Å². The lowest BCUT2D eigenvalue weighted by molar-refractivity contribution is 0.871. The molecule has 5 heteroatoms. The second-order valence-electron chi connectivity index (χ2n) is 6.27. The average Bonchev–Trinajstić information content (AvgIpc) is 3.08. The van der Waals surface area contributed by atoms with Crippen LogP contribution in [-0.4, -0.2) is 16.5 Å². The Morgan fingerprint density at radius 2 is 1.80 bits per heavy atom. The minimum atomic E-state index is 0.108. The van der Waals surface area contributed by atoms with E-state index in [1.165, 1.54) is 16.8 Å². The van der Waals surface area contributed by atoms with Gasteiger partial charge >= 0.3 is 0 Å². The number of nitrogens with one attached hydrogen (secondary N) is 1. The minimum Gasteiger partial charge on any atom is -0.393 e. The van der Waals surface area contributed by atoms with Crippen LogP contribution in [0.15, 0.2) is 60.9 Å². The highest BCUT2D eigenvalue weighted by Crippen LogP contribution is 2.38. The molecule has 3 N–H and O–H groups in total. The number of rotatable bonds is 4. The van der Waals surface area contributed by atoms with Gasteiger partial charge in [-0.3, -0.25) is 0 Å². The van der Waals surface area contributed by atoms with Gasteiger partial charge in [0.1, 0.15) is 12.0 Å². The van der Waals surface area contributed by atoms with Crippen LogP contribution in [0.1, 0.15) is 24.1 Å². The van der Waals surface area contributed by atoms with E-state index in [2.05, 4.69) is 57.4 Å². The number of anilines is 4. The molecule has 1 aromatic heterocycles. The lowest BCUT2D eigenvalue weighted by Crippen LogP contribution is -2.19. The van der Waals surface area contributed by atoms with Gasteiger partial charge in [-0.15, -0.1) is 0 Å². The molecule has 126 valence electrons. The largest absolute Gasteiger partial charge is 0.393 e. The smallest absolute Gasteiger partial charge is 0.161 e. The number of hydrogen-bond donors (Lipinski definition) is 2. The zero-order chi connectivity index (χ0) is 17.2. The molecule has 2 heterocycles. The molecule has 0 fully saturated rings. The second-order valence-corrected chi connectivity index (χ2v) is 6.27. The summed E-state index contributed by atoms with van der Waals surface area (Å²) < 4.78 is 0. The molecule has 0 bridgehead atoms. The molecule has 0 aliphatic carbocycles. The van der Waals surface area contributed by atoms with E-state index in [4.69, 9.17) is 5.73 Å². The molecule has 1 atom stereocenters. The monoisotopic (exact) mass is 331 g/mol. The molecule has 1 unspecified atom stereocenters. The fourth-order valence-corrected chi connectivity index (χ4v) is 3.30. The van der Waals surface area contributed by atoms with Crippen LogP contribution in [0.25, 0.3) is 0 Å². The molecule has 0 amide bonds. The predicted molar refractivity (Wildman–Crippen MR) is 102 cm³/mol. The van der Waals surface area contributed by atoms with Gasteiger partial charge in [-0.25, -0.2) is 9.97 Å². The third kappa shape index (κ3) is 2.89. The highest BCUT2D eigenvalue weighted by Gasteiger charge is 2.24. The van der Waals surface area contributed by atoms with Gasteiger partial charge < -0.3 is 16.0 Å². The molecule has 4 rings (SSSR count). The van der Waals surface area contributed by atoms with Crippen molar-refractivity contribution in [1.29, 1.82) is 0 Å². The Kier molecular flexibility index (Phi) is 3.98. The van der Waals surface area contributed by atoms with Crippen molar-refractivity contribution in [2.24, 2.45) is 0 Å². The topological polar surface area (TPSA) is 67.1 Å². The van der Waals surface area contributed by atoms with E-state index in [1.54, 1.807) is 6.33 Å². The Labute approximate surface area is 147 Å². The summed E-state index contributed by atoms with van der Waals surface area (Å²) in [6.07, 6.45) is 2.58. The number of hydrogen-bond acceptors (Lipinski definition) is 5. The zero-order valence-corrected chi connectivity index (χ0v) is 14.2. The lowest BCUT2D eigenvalue weighted by atomic mass is 10.1. The standard InChI is InChI=1S/C20H21N5/c1-14(15-7-3-2-4-8-15)24-19-18(21)20(23-13-22-19)25-12-11-16-9-5-6-10-17(16)25/h2-10,13-14H,11-12,21H2,1H3,(H,22,23,24). The summed E-state index contributed by atoms with van der Waals surface area (Å²) >= 11 is 0. The molecule has 1 aliphatic rings. The van der Waals surface area contributed by atoms with Gasteiger partial charge in [-0.1, -0.05) is 48.5 Å². The highest BCUT2D eigenvalue weighted by atomic mass is 15.2. The van der Waals surface area contributed by atoms with E-state index >= 15 is 0 Å². The number of aromatic nitrogens is 2. The van der Waals surface area contributed by atoms with Crippen LogP contribution < -0.4 is 16.0 Å². The van der Waals surface area contributed by atoms with Crippen LogP contribution >= 0.6 is 0 Å². The van der Waals surface area contributed by atoms with Crippen LogP contribution in [0.2, 0.25) is 0 Å². The number of nitrogen functional groups attached to an aromatic ring is 1. The minimum absolute atomic E-state index is 0.108. The maximum Gasteiger partial charge on any atom is 0.161 e. The van der Waals surface area contributed by atoms with Crippen molar-refractivity contribution in [3.63, 3.8) is 0 Å². The molecule has 5 nitrogen and oxygen atoms in total. The van der Waals surface area contributed by atoms with Gasteiger partial charge in [0.2, 0.25) is 0 Å². The van der Waals surface area contributed by atoms with E-state index in [-0.39, 0.29) is 6.04 Å². The highest BCUT2D eigenvalue weighted by molar-refractivity contribution is 5.81. The first-order chi connectivity index (χ1) is 12.2. The summed E-state index contributed by atoms with van der Waals surface area (Å²) in [4.78, 5) is 11.0. The van der Waals surface area contributed by atoms with E-state index in [0.717, 1.165) is 18.8 Å². The first-order valence-corrected chi connectivity index (χ1v) is 8.51. The molecule has 3 aromatic rings. The quantitative estimate of drug-likeness (QED) is 0.758. The van der Waals surface area contributed by atoms with Crippen molar-refractivity contribution < 1.29 is 0 Å². The molecule has 0 spiro atoms. The summed E-state index contributed by atoms with van der Waals surface area (Å²) in [6.45, 7) is 2.98. The lowest BCUT2D eigenvalue weighted by Gasteiger charge is -2.22. The van der Waals surface area contributed by atoms with E-state index in [0.29, 0.717) is 11.5 Å². The Hall–Kier alpha value is -3.08. The molecular weight excluding hydrogens is 310 g/mol. The Balaban J connectivity index is 1.63. The summed E-state index contributed by atoms with van der Waals surface area (Å²) in [6, 6.07) is 18.8. The van der Waals surface area contributed by atoms with Crippen LogP contribution in [0.3, 0.4) is 0 Å². The first kappa shape index (κ1) is 15.4. The van der Waals surface area contributed by atoms with Gasteiger partial charge in [-0.2, -0.15) is 0 Å². The third-order valence-electron chi connectivity index (χ3n) is 4.66. The fourth-order valence-electron chi connectivity index (χ4n) is 3.30. The molecule has 1 aliphatic heterocycles. The maximum atomic E-state index is 6.42. The predicted octanol–water partition coefficient (Wildman–Crippen LogP) is 3.93. The molecule has 0 radical (unpaired) electrons. The Bertz CT molecular complexity index is 878. The number of nitrogens with zero attached hydrogens (tertiary/aromatic N) is 3. The molecular formula is C20H21N5. The van der Waals surface area contributed by atoms with Gasteiger partial charge in [0, 0.05) is 12.2 Å². The van der Waals surface area contributed by atoms with E-state index < -0.39 is 0 Å². The van der Waals surface area contributed by atoms with Gasteiger partial charge in [0.15, 0.2) is 11.6 Å². The summed E-state index contributed by atoms with van der Waals surface area (Å²) in [5, 5.41) is 3.41. The first-order valence-electron chi connectivity index (χ1n) is 8.51. The van der Waals surface area contributed by atoms with Crippen molar-refractivity contribution in [1.82, 2.24) is 9.97 Å². The third-order valence-corrected chi connectivity index (χ3v) is 4.66. The van der Waals surface area contributed by atoms with Crippen LogP contribution in [0, 0.1) is 0 Å². The normalized spacial score (nSPS) is 14.2. The van der Waals surface area contributed by atoms with Gasteiger partial charge in [-0.05, 0) is 30.5 Å². The average molecular weight is 331 g/mol. The van der Waals surface area contributed by atoms with Crippen molar-refractivity contribution in [2.45, 2.75) is 19.4 Å². The fraction of sp³-hybridized carbons (Fsp3) is 0.200. The number of para-hydroxylation sites is 1. The summed E-state index contributed by atoms with van der Waals surface area (Å²) in [7, 11) is 0. The number of benzene rings is 2. The number of fused-ring (bicyclic) bond motifs is 1. The maximum absolute atomic E-state index is 6.42. The van der Waals surface area contributed by atoms with Crippen molar-refractivity contribution in [3.8, 4) is 0 Å². The molecule has 2 aromatic carbocycles. The molecule has 0 saturated heterocycles. The Morgan fingerprint density at radius 1 is 1.04 bits per heavy atom. The second kappa shape index (κ2) is 6.43. The van der Waals surface area contributed by atoms with Crippen molar-refractivity contribution in [2.75, 3.05) is 22.5 Å². The van der Waals surface area contributed by atoms with Crippen LogP contribution in [-0.2, 0) is 6.42 Å². The van der Waals surface area contributed by atoms with Crippen LogP contribution in [0.4, 0.5) is 23.0 Å². The van der Waals surface area contributed by atoms with Gasteiger partial charge in [0.05, 0.1) is 6.04 Å². The SMILES string of the molecule is CC(Nc1ncnc(N2CCc3ccccc32)c1N)c1ccccc1. The number of nitrogens with two attached hydrogens (primary N) is 1. The Morgan fingerprint density at radius 3 is 2.64 bits per heavy atom.